The van der Waals surface area contributed by atoms with Crippen LogP contribution < -0.4 is 11.1 Å². The molecule has 1 aromatic carbocycles. The Morgan fingerprint density at radius 3 is 2.67 bits per heavy atom. The molecule has 21 heavy (non-hydrogen) atoms. The maximum absolute atomic E-state index is 12.0. The zero-order valence-electron chi connectivity index (χ0n) is 12.4. The minimum atomic E-state index is -0.436. The molecule has 0 radical (unpaired) electrons. The van der Waals surface area contributed by atoms with Crippen LogP contribution in [0.3, 0.4) is 0 Å². The third-order valence-electron chi connectivity index (χ3n) is 3.11. The van der Waals surface area contributed by atoms with E-state index >= 15 is 0 Å². The van der Waals surface area contributed by atoms with Gasteiger partial charge in [0.05, 0.1) is 10.6 Å². The third kappa shape index (κ3) is 5.74. The first-order valence-electron chi connectivity index (χ1n) is 6.96. The summed E-state index contributed by atoms with van der Waals surface area (Å²) in [5, 5.41) is 2.93. The van der Waals surface area contributed by atoms with Gasteiger partial charge in [-0.1, -0.05) is 26.0 Å². The molecular formula is C15H23ClN2OS2. The molecule has 6 heteroatoms. The molecule has 0 aliphatic carbocycles. The van der Waals surface area contributed by atoms with E-state index in [0.717, 1.165) is 5.69 Å². The molecule has 0 bridgehead atoms. The topological polar surface area (TPSA) is 55.1 Å². The molecule has 1 aliphatic heterocycles. The molecule has 1 fully saturated rings. The summed E-state index contributed by atoms with van der Waals surface area (Å²) in [4.78, 5) is 12.0. The van der Waals surface area contributed by atoms with Gasteiger partial charge in [-0.15, -0.1) is 35.9 Å². The largest absolute Gasteiger partial charge is 0.325 e. The van der Waals surface area contributed by atoms with Gasteiger partial charge in [-0.05, 0) is 30.0 Å². The van der Waals surface area contributed by atoms with Crippen LogP contribution in [0.1, 0.15) is 30.4 Å². The fourth-order valence-electron chi connectivity index (χ4n) is 2.16. The van der Waals surface area contributed by atoms with E-state index in [1.165, 1.54) is 17.1 Å². The number of carbonyl (C=O) groups is 1. The van der Waals surface area contributed by atoms with Crippen molar-refractivity contribution in [2.75, 3.05) is 16.8 Å². The Balaban J connectivity index is 0.00000220. The van der Waals surface area contributed by atoms with E-state index in [-0.39, 0.29) is 18.3 Å². The van der Waals surface area contributed by atoms with Gasteiger partial charge < -0.3 is 11.1 Å². The lowest BCUT2D eigenvalue weighted by Gasteiger charge is -2.15. The van der Waals surface area contributed by atoms with Crippen molar-refractivity contribution >= 4 is 47.5 Å². The van der Waals surface area contributed by atoms with Crippen molar-refractivity contribution in [1.29, 1.82) is 0 Å². The fraction of sp³-hybridized carbons (Fsp3) is 0.533. The van der Waals surface area contributed by atoms with Crippen molar-refractivity contribution in [3.63, 3.8) is 0 Å². The minimum absolute atomic E-state index is 0. The number of hydrogen-bond donors (Lipinski definition) is 2. The Labute approximate surface area is 141 Å². The van der Waals surface area contributed by atoms with Gasteiger partial charge in [0.2, 0.25) is 5.91 Å². The van der Waals surface area contributed by atoms with Crippen molar-refractivity contribution in [3.05, 3.63) is 29.8 Å². The van der Waals surface area contributed by atoms with E-state index in [4.69, 9.17) is 5.73 Å². The van der Waals surface area contributed by atoms with Crippen LogP contribution in [0, 0.1) is 5.92 Å². The normalized spacial score (nSPS) is 16.6. The zero-order valence-corrected chi connectivity index (χ0v) is 14.8. The second kappa shape index (κ2) is 8.93. The maximum Gasteiger partial charge on any atom is 0.241 e. The molecule has 1 aromatic rings. The number of hydrogen-bond acceptors (Lipinski definition) is 4. The Bertz CT molecular complexity index is 465. The highest BCUT2D eigenvalue weighted by Crippen LogP contribution is 2.45. The monoisotopic (exact) mass is 346 g/mol. The summed E-state index contributed by atoms with van der Waals surface area (Å²) in [6, 6.07) is 7.68. The summed E-state index contributed by atoms with van der Waals surface area (Å²) in [6.45, 7) is 4.14. The molecule has 0 spiro atoms. The first kappa shape index (κ1) is 18.7. The molecule has 1 aliphatic rings. The lowest BCUT2D eigenvalue weighted by molar-refractivity contribution is -0.117. The van der Waals surface area contributed by atoms with Crippen LogP contribution in [0.4, 0.5) is 5.69 Å². The Morgan fingerprint density at radius 1 is 1.38 bits per heavy atom. The second-order valence-corrected chi connectivity index (χ2v) is 8.15. The number of thioether (sulfide) groups is 2. The standard InChI is InChI=1S/C15H22N2OS2.ClH/c1-10(2)8-13(16)14(18)17-12-5-3-4-11(9-12)15-19-6-7-20-15;/h3-5,9-10,13,15H,6-8,16H2,1-2H3,(H,17,18);1H/t13-;/m0./s1. The van der Waals surface area contributed by atoms with Crippen LogP contribution in [0.15, 0.2) is 24.3 Å². The molecule has 1 atom stereocenters. The van der Waals surface area contributed by atoms with Crippen LogP contribution in [0.2, 0.25) is 0 Å². The first-order chi connectivity index (χ1) is 9.56. The highest BCUT2D eigenvalue weighted by molar-refractivity contribution is 8.19. The van der Waals surface area contributed by atoms with Crippen molar-refractivity contribution in [3.8, 4) is 0 Å². The third-order valence-corrected chi connectivity index (χ3v) is 6.21. The highest BCUT2D eigenvalue weighted by atomic mass is 35.5. The predicted molar refractivity (Wildman–Crippen MR) is 97.4 cm³/mol. The summed E-state index contributed by atoms with van der Waals surface area (Å²) in [5.74, 6) is 2.73. The molecule has 0 aromatic heterocycles. The lowest BCUT2D eigenvalue weighted by atomic mass is 10.0. The van der Waals surface area contributed by atoms with Crippen molar-refractivity contribution in [1.82, 2.24) is 0 Å². The quantitative estimate of drug-likeness (QED) is 0.849. The van der Waals surface area contributed by atoms with Crippen LogP contribution in [-0.2, 0) is 4.79 Å². The average Bonchev–Trinajstić information content (AvgIpc) is 2.92. The number of anilines is 1. The summed E-state index contributed by atoms with van der Waals surface area (Å²) in [6.07, 6.45) is 0.708. The number of rotatable bonds is 5. The SMILES string of the molecule is CC(C)C[C@H](N)C(=O)Nc1cccc(C2SCCS2)c1.Cl. The van der Waals surface area contributed by atoms with Gasteiger partial charge in [0, 0.05) is 17.2 Å². The van der Waals surface area contributed by atoms with E-state index in [1.807, 2.05) is 35.7 Å². The van der Waals surface area contributed by atoms with Gasteiger partial charge in [-0.3, -0.25) is 4.79 Å². The number of carbonyl (C=O) groups excluding carboxylic acids is 1. The minimum Gasteiger partial charge on any atom is -0.325 e. The fourth-order valence-corrected chi connectivity index (χ4v) is 5.00. The Kier molecular flexibility index (Phi) is 7.95. The van der Waals surface area contributed by atoms with Gasteiger partial charge in [0.25, 0.3) is 0 Å². The Morgan fingerprint density at radius 2 is 2.05 bits per heavy atom. The Hall–Kier alpha value is -0.360. The van der Waals surface area contributed by atoms with E-state index in [0.29, 0.717) is 16.9 Å². The zero-order chi connectivity index (χ0) is 14.5. The molecule has 2 rings (SSSR count). The second-order valence-electron chi connectivity index (χ2n) is 5.42. The summed E-state index contributed by atoms with van der Waals surface area (Å²) >= 11 is 3.93. The molecule has 0 unspecified atom stereocenters. The number of nitrogens with two attached hydrogens (primary N) is 1. The lowest BCUT2D eigenvalue weighted by Crippen LogP contribution is -2.36. The summed E-state index contributed by atoms with van der Waals surface area (Å²) in [5.41, 5.74) is 8.02. The molecular weight excluding hydrogens is 324 g/mol. The molecule has 3 nitrogen and oxygen atoms in total. The molecule has 0 saturated carbocycles. The van der Waals surface area contributed by atoms with Crippen molar-refractivity contribution in [2.24, 2.45) is 11.7 Å². The number of amides is 1. The highest BCUT2D eigenvalue weighted by Gasteiger charge is 2.19. The summed E-state index contributed by atoms with van der Waals surface area (Å²) < 4.78 is 0.496. The van der Waals surface area contributed by atoms with Gasteiger partial charge in [-0.2, -0.15) is 0 Å². The smallest absolute Gasteiger partial charge is 0.241 e. The number of benzene rings is 1. The van der Waals surface area contributed by atoms with E-state index in [9.17, 15) is 4.79 Å². The van der Waals surface area contributed by atoms with Crippen molar-refractivity contribution < 1.29 is 4.79 Å². The van der Waals surface area contributed by atoms with Crippen molar-refractivity contribution in [2.45, 2.75) is 30.9 Å². The predicted octanol–water partition coefficient (Wildman–Crippen LogP) is 3.90. The molecule has 1 saturated heterocycles. The van der Waals surface area contributed by atoms with E-state index < -0.39 is 6.04 Å². The molecule has 118 valence electrons. The van der Waals surface area contributed by atoms with Crippen LogP contribution >= 0.6 is 35.9 Å². The van der Waals surface area contributed by atoms with Crippen LogP contribution in [0.25, 0.3) is 0 Å². The average molecular weight is 347 g/mol. The number of nitrogens with one attached hydrogen (secondary N) is 1. The maximum atomic E-state index is 12.0. The number of halogens is 1. The van der Waals surface area contributed by atoms with E-state index in [2.05, 4.69) is 31.3 Å². The molecule has 3 N–H and O–H groups in total. The van der Waals surface area contributed by atoms with Gasteiger partial charge in [-0.25, -0.2) is 0 Å². The van der Waals surface area contributed by atoms with Gasteiger partial charge >= 0.3 is 0 Å². The molecule has 1 heterocycles. The van der Waals surface area contributed by atoms with E-state index in [1.54, 1.807) is 0 Å². The van der Waals surface area contributed by atoms with Crippen LogP contribution in [-0.4, -0.2) is 23.5 Å². The van der Waals surface area contributed by atoms with Gasteiger partial charge in [0.1, 0.15) is 0 Å². The van der Waals surface area contributed by atoms with Gasteiger partial charge in [0.15, 0.2) is 0 Å². The first-order valence-corrected chi connectivity index (χ1v) is 9.05. The summed E-state index contributed by atoms with van der Waals surface area (Å²) in [7, 11) is 0. The molecule has 1 amide bonds. The van der Waals surface area contributed by atoms with Crippen LogP contribution in [0.5, 0.6) is 0 Å².